The van der Waals surface area contributed by atoms with E-state index in [1.165, 1.54) is 9.70 Å². The quantitative estimate of drug-likeness (QED) is 0.717. The zero-order valence-electron chi connectivity index (χ0n) is 13.5. The van der Waals surface area contributed by atoms with Gasteiger partial charge in [-0.15, -0.1) is 15.3 Å². The third-order valence-electron chi connectivity index (χ3n) is 3.55. The predicted molar refractivity (Wildman–Crippen MR) is 87.9 cm³/mol. The minimum Gasteiger partial charge on any atom is -0.333 e. The summed E-state index contributed by atoms with van der Waals surface area (Å²) < 4.78 is 1.76. The molecule has 124 valence electrons. The molecule has 3 rings (SSSR count). The molecule has 0 aliphatic carbocycles. The molecular weight excluding hydrogens is 330 g/mol. The molecule has 1 amide bonds. The second kappa shape index (κ2) is 6.40. The van der Waals surface area contributed by atoms with Gasteiger partial charge < -0.3 is 9.47 Å². The highest BCUT2D eigenvalue weighted by atomic mass is 35.5. The van der Waals surface area contributed by atoms with E-state index >= 15 is 0 Å². The lowest BCUT2D eigenvalue weighted by Crippen LogP contribution is -2.28. The molecule has 9 heteroatoms. The maximum absolute atomic E-state index is 12.6. The number of hydrogen-bond donors (Lipinski definition) is 0. The minimum atomic E-state index is -0.233. The third kappa shape index (κ3) is 3.13. The van der Waals surface area contributed by atoms with Gasteiger partial charge >= 0.3 is 0 Å². The van der Waals surface area contributed by atoms with Crippen LogP contribution in [0.15, 0.2) is 30.6 Å². The lowest BCUT2D eigenvalue weighted by atomic mass is 10.3. The van der Waals surface area contributed by atoms with Crippen molar-refractivity contribution in [1.82, 2.24) is 34.7 Å². The van der Waals surface area contributed by atoms with Crippen LogP contribution in [0.2, 0.25) is 5.02 Å². The van der Waals surface area contributed by atoms with E-state index in [9.17, 15) is 4.79 Å². The molecule has 0 unspecified atom stereocenters. The zero-order chi connectivity index (χ0) is 17.3. The maximum atomic E-state index is 12.6. The van der Waals surface area contributed by atoms with Gasteiger partial charge in [0.25, 0.3) is 5.91 Å². The van der Waals surface area contributed by atoms with Crippen molar-refractivity contribution in [2.24, 2.45) is 7.05 Å². The third-order valence-corrected chi connectivity index (χ3v) is 3.79. The Balaban J connectivity index is 1.84. The Labute approximate surface area is 143 Å². The first-order valence-electron chi connectivity index (χ1n) is 7.24. The summed E-state index contributed by atoms with van der Waals surface area (Å²) in [4.78, 5) is 15.6. The van der Waals surface area contributed by atoms with E-state index in [1.807, 2.05) is 13.1 Å². The number of aromatic nitrogens is 6. The van der Waals surface area contributed by atoms with Crippen molar-refractivity contribution in [3.05, 3.63) is 52.8 Å². The second-order valence-corrected chi connectivity index (χ2v) is 5.86. The number of hydrogen-bond acceptors (Lipinski definition) is 5. The van der Waals surface area contributed by atoms with E-state index in [1.54, 1.807) is 43.1 Å². The fourth-order valence-electron chi connectivity index (χ4n) is 2.21. The highest BCUT2D eigenvalue weighted by molar-refractivity contribution is 6.30. The zero-order valence-corrected chi connectivity index (χ0v) is 14.3. The number of carbonyl (C=O) groups excluding carboxylic acids is 1. The Bertz CT molecular complexity index is 886. The first-order valence-corrected chi connectivity index (χ1v) is 7.61. The number of carbonyl (C=O) groups is 1. The van der Waals surface area contributed by atoms with Gasteiger partial charge in [0, 0.05) is 19.1 Å². The molecule has 0 saturated carbocycles. The van der Waals surface area contributed by atoms with Crippen LogP contribution in [0.3, 0.4) is 0 Å². The molecule has 0 radical (unpaired) electrons. The Morgan fingerprint density at radius 1 is 1.33 bits per heavy atom. The Kier molecular flexibility index (Phi) is 4.30. The second-order valence-electron chi connectivity index (χ2n) is 5.42. The van der Waals surface area contributed by atoms with Crippen LogP contribution in [0.1, 0.15) is 22.0 Å². The maximum Gasteiger partial charge on any atom is 0.276 e. The Hall–Kier alpha value is -2.74. The largest absolute Gasteiger partial charge is 0.333 e. The molecule has 2 heterocycles. The van der Waals surface area contributed by atoms with Gasteiger partial charge in [-0.25, -0.2) is 0 Å². The van der Waals surface area contributed by atoms with Crippen molar-refractivity contribution in [3.63, 3.8) is 0 Å². The monoisotopic (exact) mass is 345 g/mol. The van der Waals surface area contributed by atoms with Crippen LogP contribution in [-0.4, -0.2) is 47.6 Å². The van der Waals surface area contributed by atoms with Crippen LogP contribution in [0.5, 0.6) is 0 Å². The van der Waals surface area contributed by atoms with Crippen LogP contribution in [0.4, 0.5) is 0 Å². The molecule has 0 aliphatic rings. The van der Waals surface area contributed by atoms with Gasteiger partial charge in [0.05, 0.1) is 17.9 Å². The molecular formula is C15H16ClN7O. The highest BCUT2D eigenvalue weighted by Gasteiger charge is 2.21. The van der Waals surface area contributed by atoms with Crippen LogP contribution in [0, 0.1) is 6.92 Å². The molecule has 24 heavy (non-hydrogen) atoms. The summed E-state index contributed by atoms with van der Waals surface area (Å²) in [5.74, 6) is 0.453. The fraction of sp³-hybridized carbons (Fsp3) is 0.267. The number of nitrogens with zero attached hydrogens (tertiary/aromatic N) is 7. The predicted octanol–water partition coefficient (Wildman–Crippen LogP) is 1.63. The molecule has 0 aliphatic heterocycles. The smallest absolute Gasteiger partial charge is 0.276 e. The molecule has 0 spiro atoms. The molecule has 0 N–H and O–H groups in total. The number of amides is 1. The average Bonchev–Trinajstić information content (AvgIpc) is 3.13. The van der Waals surface area contributed by atoms with E-state index in [4.69, 9.17) is 11.6 Å². The van der Waals surface area contributed by atoms with Gasteiger partial charge in [0.2, 0.25) is 0 Å². The lowest BCUT2D eigenvalue weighted by molar-refractivity contribution is 0.0773. The summed E-state index contributed by atoms with van der Waals surface area (Å²) >= 11 is 5.99. The molecule has 0 fully saturated rings. The van der Waals surface area contributed by atoms with Crippen molar-refractivity contribution < 1.29 is 4.79 Å². The molecule has 8 nitrogen and oxygen atoms in total. The van der Waals surface area contributed by atoms with E-state index < -0.39 is 0 Å². The normalized spacial score (nSPS) is 10.8. The molecule has 0 atom stereocenters. The van der Waals surface area contributed by atoms with E-state index in [-0.39, 0.29) is 5.91 Å². The SMILES string of the molecule is Cc1nn(-c2cccc(Cl)c2)nc1C(=O)N(C)Cc1nncn1C. The fourth-order valence-corrected chi connectivity index (χ4v) is 2.39. The van der Waals surface area contributed by atoms with Gasteiger partial charge in [-0.05, 0) is 25.1 Å². The lowest BCUT2D eigenvalue weighted by Gasteiger charge is -2.15. The number of benzene rings is 1. The first-order chi connectivity index (χ1) is 11.5. The first kappa shape index (κ1) is 16.1. The van der Waals surface area contributed by atoms with Gasteiger partial charge in [0.1, 0.15) is 6.33 Å². The summed E-state index contributed by atoms with van der Waals surface area (Å²) in [5.41, 5.74) is 1.53. The average molecular weight is 346 g/mol. The van der Waals surface area contributed by atoms with E-state index in [0.29, 0.717) is 34.5 Å². The van der Waals surface area contributed by atoms with Crippen molar-refractivity contribution >= 4 is 17.5 Å². The molecule has 2 aromatic heterocycles. The Morgan fingerprint density at radius 3 is 2.79 bits per heavy atom. The van der Waals surface area contributed by atoms with Gasteiger partial charge in [-0.1, -0.05) is 17.7 Å². The van der Waals surface area contributed by atoms with Crippen molar-refractivity contribution in [2.45, 2.75) is 13.5 Å². The molecule has 0 saturated heterocycles. The summed E-state index contributed by atoms with van der Waals surface area (Å²) in [7, 11) is 3.52. The van der Waals surface area contributed by atoms with Crippen molar-refractivity contribution in [2.75, 3.05) is 7.05 Å². The summed E-state index contributed by atoms with van der Waals surface area (Å²) in [6.45, 7) is 2.08. The molecule has 3 aromatic rings. The Morgan fingerprint density at radius 2 is 2.12 bits per heavy atom. The number of halogens is 1. The summed E-state index contributed by atoms with van der Waals surface area (Å²) in [6, 6.07) is 7.13. The summed E-state index contributed by atoms with van der Waals surface area (Å²) in [5, 5.41) is 17.0. The summed E-state index contributed by atoms with van der Waals surface area (Å²) in [6.07, 6.45) is 1.59. The van der Waals surface area contributed by atoms with Crippen LogP contribution < -0.4 is 0 Å². The van der Waals surface area contributed by atoms with Crippen LogP contribution in [0.25, 0.3) is 5.69 Å². The standard InChI is InChI=1S/C15H16ClN7O/c1-10-14(15(24)21(2)8-13-18-17-9-22(13)3)20-23(19-10)12-6-4-5-11(16)7-12/h4-7,9H,8H2,1-3H3. The van der Waals surface area contributed by atoms with Crippen molar-refractivity contribution in [1.29, 1.82) is 0 Å². The highest BCUT2D eigenvalue weighted by Crippen LogP contribution is 2.15. The number of aryl methyl sites for hydroxylation is 2. The van der Waals surface area contributed by atoms with E-state index in [0.717, 1.165) is 0 Å². The minimum absolute atomic E-state index is 0.233. The molecule has 0 bridgehead atoms. The van der Waals surface area contributed by atoms with Gasteiger partial charge in [-0.3, -0.25) is 4.79 Å². The van der Waals surface area contributed by atoms with E-state index in [2.05, 4.69) is 20.4 Å². The topological polar surface area (TPSA) is 81.7 Å². The number of rotatable bonds is 4. The van der Waals surface area contributed by atoms with Crippen molar-refractivity contribution in [3.8, 4) is 5.69 Å². The van der Waals surface area contributed by atoms with Crippen LogP contribution in [-0.2, 0) is 13.6 Å². The molecule has 1 aromatic carbocycles. The van der Waals surface area contributed by atoms with Crippen LogP contribution >= 0.6 is 11.6 Å². The van der Waals surface area contributed by atoms with Gasteiger partial charge in [-0.2, -0.15) is 9.90 Å². The van der Waals surface area contributed by atoms with Gasteiger partial charge in [0.15, 0.2) is 11.5 Å².